The van der Waals surface area contributed by atoms with Crippen LogP contribution < -0.4 is 5.32 Å². The summed E-state index contributed by atoms with van der Waals surface area (Å²) >= 11 is 0. The predicted octanol–water partition coefficient (Wildman–Crippen LogP) is 3.73. The largest absolute Gasteiger partial charge is 0.444 e. The second kappa shape index (κ2) is 8.57. The van der Waals surface area contributed by atoms with Gasteiger partial charge >= 0.3 is 6.09 Å². The quantitative estimate of drug-likeness (QED) is 0.797. The third kappa shape index (κ3) is 5.06. The molecule has 0 radical (unpaired) electrons. The summed E-state index contributed by atoms with van der Waals surface area (Å²) in [5.74, 6) is 1.56. The minimum Gasteiger partial charge on any atom is -0.444 e. The predicted molar refractivity (Wildman–Crippen MR) is 114 cm³/mol. The highest BCUT2D eigenvalue weighted by Gasteiger charge is 2.34. The van der Waals surface area contributed by atoms with Crippen molar-refractivity contribution >= 4 is 23.6 Å². The van der Waals surface area contributed by atoms with Crippen LogP contribution in [0.1, 0.15) is 52.6 Å². The highest BCUT2D eigenvalue weighted by Crippen LogP contribution is 2.21. The van der Waals surface area contributed by atoms with Crippen LogP contribution in [0.3, 0.4) is 0 Å². The van der Waals surface area contributed by atoms with Crippen LogP contribution >= 0.6 is 0 Å². The van der Waals surface area contributed by atoms with Crippen LogP contribution in [-0.2, 0) is 11.2 Å². The molecule has 3 heterocycles. The van der Waals surface area contributed by atoms with Crippen LogP contribution in [0.25, 0.3) is 11.6 Å². The first-order valence-electron chi connectivity index (χ1n) is 10.3. The number of amides is 1. The van der Waals surface area contributed by atoms with E-state index in [1.165, 1.54) is 4.90 Å². The number of ether oxygens (including phenoxy) is 1. The van der Waals surface area contributed by atoms with Crippen molar-refractivity contribution in [2.45, 2.75) is 65.3 Å². The summed E-state index contributed by atoms with van der Waals surface area (Å²) in [6.07, 6.45) is 2.79. The number of hydrogen-bond donors (Lipinski definition) is 1. The lowest BCUT2D eigenvalue weighted by molar-refractivity contribution is 0.0125. The lowest BCUT2D eigenvalue weighted by Crippen LogP contribution is -2.51. The molecule has 2 aromatic heterocycles. The van der Waals surface area contributed by atoms with Crippen LogP contribution in [0, 0.1) is 5.92 Å². The van der Waals surface area contributed by atoms with Gasteiger partial charge in [-0.05, 0) is 39.2 Å². The Hall–Kier alpha value is -2.71. The number of aromatic nitrogens is 4. The van der Waals surface area contributed by atoms with Crippen molar-refractivity contribution in [3.8, 4) is 0 Å². The van der Waals surface area contributed by atoms with E-state index in [9.17, 15) is 9.18 Å². The van der Waals surface area contributed by atoms with Crippen molar-refractivity contribution in [1.82, 2.24) is 24.5 Å². The van der Waals surface area contributed by atoms with Crippen molar-refractivity contribution in [1.29, 1.82) is 0 Å². The van der Waals surface area contributed by atoms with Crippen LogP contribution in [0.2, 0.25) is 0 Å². The van der Waals surface area contributed by atoms with Crippen LogP contribution in [0.4, 0.5) is 15.1 Å². The van der Waals surface area contributed by atoms with E-state index >= 15 is 0 Å². The molecule has 0 saturated carbocycles. The Labute approximate surface area is 176 Å². The van der Waals surface area contributed by atoms with Crippen LogP contribution in [-0.4, -0.2) is 61.5 Å². The molecule has 2 atom stereocenters. The summed E-state index contributed by atoms with van der Waals surface area (Å²) in [5.41, 5.74) is 0.887. The van der Waals surface area contributed by atoms with Gasteiger partial charge in [-0.3, -0.25) is 0 Å². The average molecular weight is 419 g/mol. The topological polar surface area (TPSA) is 84.7 Å². The number of hydrogen-bond acceptors (Lipinski definition) is 6. The molecule has 2 aromatic rings. The Morgan fingerprint density at radius 1 is 1.47 bits per heavy atom. The zero-order valence-corrected chi connectivity index (χ0v) is 18.4. The van der Waals surface area contributed by atoms with E-state index in [0.29, 0.717) is 24.8 Å². The van der Waals surface area contributed by atoms with Crippen molar-refractivity contribution < 1.29 is 13.9 Å². The third-order valence-corrected chi connectivity index (χ3v) is 4.78. The maximum atomic E-state index is 14.8. The SMILES string of the molecule is C=Cc1nc(CC(C)C)n2nc(N[C@@H]3CCN(C(=O)OC(C)(C)C)C[C@H]3F)ncc12. The molecule has 164 valence electrons. The third-order valence-electron chi connectivity index (χ3n) is 4.78. The number of imidazole rings is 1. The van der Waals surface area contributed by atoms with E-state index < -0.39 is 23.9 Å². The van der Waals surface area contributed by atoms with Gasteiger partial charge in [0.2, 0.25) is 5.95 Å². The summed E-state index contributed by atoms with van der Waals surface area (Å²) in [6, 6.07) is -0.489. The number of nitrogens with one attached hydrogen (secondary N) is 1. The van der Waals surface area contributed by atoms with Gasteiger partial charge < -0.3 is 15.0 Å². The van der Waals surface area contributed by atoms with Crippen LogP contribution in [0.15, 0.2) is 12.8 Å². The van der Waals surface area contributed by atoms with Gasteiger partial charge in [-0.15, -0.1) is 5.10 Å². The summed E-state index contributed by atoms with van der Waals surface area (Å²) in [6.45, 7) is 13.8. The number of carbonyl (C=O) groups is 1. The molecule has 0 aliphatic carbocycles. The number of rotatable bonds is 5. The zero-order valence-electron chi connectivity index (χ0n) is 18.4. The fourth-order valence-corrected chi connectivity index (χ4v) is 3.41. The smallest absolute Gasteiger partial charge is 0.410 e. The van der Waals surface area contributed by atoms with Gasteiger partial charge in [0, 0.05) is 13.0 Å². The number of alkyl halides is 1. The molecule has 1 amide bonds. The first-order valence-corrected chi connectivity index (χ1v) is 10.3. The first kappa shape index (κ1) is 22.0. The summed E-state index contributed by atoms with van der Waals surface area (Å²) in [7, 11) is 0. The molecule has 1 aliphatic rings. The van der Waals surface area contributed by atoms with Crippen LogP contribution in [0.5, 0.6) is 0 Å². The molecule has 8 nitrogen and oxygen atoms in total. The first-order chi connectivity index (χ1) is 14.1. The lowest BCUT2D eigenvalue weighted by atomic mass is 10.0. The van der Waals surface area contributed by atoms with Crippen molar-refractivity contribution in [3.63, 3.8) is 0 Å². The number of piperidine rings is 1. The van der Waals surface area contributed by atoms with Gasteiger partial charge in [0.1, 0.15) is 23.1 Å². The summed E-state index contributed by atoms with van der Waals surface area (Å²) < 4.78 is 21.9. The maximum absolute atomic E-state index is 14.8. The number of halogens is 1. The number of anilines is 1. The highest BCUT2D eigenvalue weighted by atomic mass is 19.1. The van der Waals surface area contributed by atoms with Gasteiger partial charge in [-0.2, -0.15) is 0 Å². The van der Waals surface area contributed by atoms with Gasteiger partial charge in [-0.1, -0.05) is 20.4 Å². The molecule has 1 aliphatic heterocycles. The van der Waals surface area contributed by atoms with E-state index in [1.807, 2.05) is 0 Å². The minimum atomic E-state index is -1.26. The minimum absolute atomic E-state index is 0.0287. The molecule has 1 N–H and O–H groups in total. The molecule has 9 heteroatoms. The molecule has 0 spiro atoms. The number of carbonyl (C=O) groups excluding carboxylic acids is 1. The average Bonchev–Trinajstić information content (AvgIpc) is 2.98. The van der Waals surface area contributed by atoms with Gasteiger partial charge in [-0.25, -0.2) is 23.7 Å². The molecule has 0 aromatic carbocycles. The van der Waals surface area contributed by atoms with E-state index in [4.69, 9.17) is 4.74 Å². The summed E-state index contributed by atoms with van der Waals surface area (Å²) in [5, 5.41) is 7.63. The molecule has 1 fully saturated rings. The number of fused-ring (bicyclic) bond motifs is 1. The van der Waals surface area contributed by atoms with E-state index in [0.717, 1.165) is 23.5 Å². The Balaban J connectivity index is 1.72. The maximum Gasteiger partial charge on any atom is 0.410 e. The monoisotopic (exact) mass is 418 g/mol. The molecule has 1 saturated heterocycles. The standard InChI is InChI=1S/C21H31FN6O2/c1-7-15-17-11-23-19(26-28(17)18(24-15)10-13(2)3)25-16-8-9-27(12-14(16)22)20(29)30-21(4,5)6/h7,11,13-14,16H,1,8-10,12H2,2-6H3,(H,25,26)/t14-,16-/m1/s1. The molecule has 3 rings (SSSR count). The molecular formula is C21H31FN6O2. The highest BCUT2D eigenvalue weighted by molar-refractivity contribution is 5.68. The lowest BCUT2D eigenvalue weighted by Gasteiger charge is -2.35. The Bertz CT molecular complexity index is 920. The normalized spacial score (nSPS) is 19.9. The Kier molecular flexibility index (Phi) is 6.28. The van der Waals surface area contributed by atoms with Gasteiger partial charge in [0.05, 0.1) is 24.5 Å². The summed E-state index contributed by atoms with van der Waals surface area (Å²) in [4.78, 5) is 22.5. The number of nitrogens with zero attached hydrogens (tertiary/aromatic N) is 5. The molecular weight excluding hydrogens is 387 g/mol. The second-order valence-electron chi connectivity index (χ2n) is 9.08. The second-order valence-corrected chi connectivity index (χ2v) is 9.08. The van der Waals surface area contributed by atoms with Crippen molar-refractivity contribution in [3.05, 3.63) is 24.3 Å². The number of likely N-dealkylation sites (tertiary alicyclic amines) is 1. The fraction of sp³-hybridized carbons (Fsp3) is 0.619. The molecule has 0 unspecified atom stereocenters. The van der Waals surface area contributed by atoms with E-state index in [2.05, 4.69) is 40.8 Å². The van der Waals surface area contributed by atoms with Crippen molar-refractivity contribution in [2.24, 2.45) is 5.92 Å². The van der Waals surface area contributed by atoms with E-state index in [1.54, 1.807) is 37.6 Å². The van der Waals surface area contributed by atoms with Gasteiger partial charge in [0.25, 0.3) is 0 Å². The zero-order chi connectivity index (χ0) is 22.1. The van der Waals surface area contributed by atoms with Gasteiger partial charge in [0.15, 0.2) is 0 Å². The van der Waals surface area contributed by atoms with Crippen molar-refractivity contribution in [2.75, 3.05) is 18.4 Å². The molecule has 30 heavy (non-hydrogen) atoms. The Morgan fingerprint density at radius 3 is 2.80 bits per heavy atom. The Morgan fingerprint density at radius 2 is 2.20 bits per heavy atom. The fourth-order valence-electron chi connectivity index (χ4n) is 3.41. The van der Waals surface area contributed by atoms with E-state index in [-0.39, 0.29) is 6.54 Å². The molecule has 0 bridgehead atoms.